The van der Waals surface area contributed by atoms with Gasteiger partial charge in [0.1, 0.15) is 0 Å². The second-order valence-electron chi connectivity index (χ2n) is 3.97. The van der Waals surface area contributed by atoms with Crippen LogP contribution in [0.3, 0.4) is 0 Å². The van der Waals surface area contributed by atoms with Gasteiger partial charge in [-0.1, -0.05) is 0 Å². The van der Waals surface area contributed by atoms with Gasteiger partial charge >= 0.3 is 0 Å². The average Bonchev–Trinajstić information content (AvgIpc) is 2.19. The van der Waals surface area contributed by atoms with Gasteiger partial charge in [0.25, 0.3) is 0 Å². The van der Waals surface area contributed by atoms with Gasteiger partial charge in [-0.05, 0) is 20.9 Å². The van der Waals surface area contributed by atoms with Gasteiger partial charge in [-0.25, -0.2) is 0 Å². The summed E-state index contributed by atoms with van der Waals surface area (Å²) in [4.78, 5) is 2.25. The van der Waals surface area contributed by atoms with E-state index in [0.717, 1.165) is 39.4 Å². The molecule has 0 aromatic heterocycles. The van der Waals surface area contributed by atoms with E-state index in [-0.39, 0.29) is 0 Å². The van der Waals surface area contributed by atoms with Crippen molar-refractivity contribution in [3.63, 3.8) is 0 Å². The molecule has 0 rings (SSSR count). The van der Waals surface area contributed by atoms with Gasteiger partial charge in [0.2, 0.25) is 0 Å². The minimum absolute atomic E-state index is 0.330. The lowest BCUT2D eigenvalue weighted by Gasteiger charge is -2.16. The quantitative estimate of drug-likeness (QED) is 0.544. The third-order valence-electron chi connectivity index (χ3n) is 2.08. The number of rotatable bonds is 10. The topological polar surface area (TPSA) is 33.7 Å². The number of hydrogen-bond acceptors (Lipinski definition) is 4. The van der Waals surface area contributed by atoms with Crippen molar-refractivity contribution < 1.29 is 9.47 Å². The monoisotopic (exact) mass is 218 g/mol. The molecule has 0 heterocycles. The molecule has 0 aromatic rings. The summed E-state index contributed by atoms with van der Waals surface area (Å²) in [6, 6.07) is 0. The van der Waals surface area contributed by atoms with Gasteiger partial charge in [-0.3, -0.25) is 0 Å². The fourth-order valence-electron chi connectivity index (χ4n) is 1.12. The van der Waals surface area contributed by atoms with E-state index in [2.05, 4.69) is 31.1 Å². The van der Waals surface area contributed by atoms with Crippen LogP contribution in [-0.4, -0.2) is 64.6 Å². The highest BCUT2D eigenvalue weighted by Crippen LogP contribution is 1.85. The summed E-state index contributed by atoms with van der Waals surface area (Å²) < 4.78 is 10.4. The van der Waals surface area contributed by atoms with Crippen molar-refractivity contribution >= 4 is 0 Å². The Hall–Kier alpha value is -0.160. The van der Waals surface area contributed by atoms with E-state index >= 15 is 0 Å². The molecule has 92 valence electrons. The van der Waals surface area contributed by atoms with Crippen LogP contribution in [0.4, 0.5) is 0 Å². The maximum atomic E-state index is 5.42. The minimum Gasteiger partial charge on any atom is -0.383 e. The van der Waals surface area contributed by atoms with Gasteiger partial charge in [-0.15, -0.1) is 0 Å². The fraction of sp³-hybridized carbons (Fsp3) is 1.00. The Morgan fingerprint density at radius 2 is 1.87 bits per heavy atom. The van der Waals surface area contributed by atoms with E-state index in [1.54, 1.807) is 7.11 Å². The van der Waals surface area contributed by atoms with E-state index in [1.807, 2.05) is 0 Å². The van der Waals surface area contributed by atoms with Crippen LogP contribution in [-0.2, 0) is 9.47 Å². The molecule has 0 spiro atoms. The van der Waals surface area contributed by atoms with E-state index < -0.39 is 0 Å². The van der Waals surface area contributed by atoms with Gasteiger partial charge in [0.05, 0.1) is 19.3 Å². The van der Waals surface area contributed by atoms with Gasteiger partial charge in [0.15, 0.2) is 0 Å². The summed E-state index contributed by atoms with van der Waals surface area (Å²) >= 11 is 0. The normalized spacial score (nSPS) is 11.6. The van der Waals surface area contributed by atoms with Crippen LogP contribution in [0, 0.1) is 0 Å². The van der Waals surface area contributed by atoms with Crippen molar-refractivity contribution in [2.75, 3.05) is 53.6 Å². The van der Waals surface area contributed by atoms with Crippen molar-refractivity contribution in [3.8, 4) is 0 Å². The fourth-order valence-corrected chi connectivity index (χ4v) is 1.12. The van der Waals surface area contributed by atoms with Crippen molar-refractivity contribution in [1.29, 1.82) is 0 Å². The first-order valence-corrected chi connectivity index (χ1v) is 5.66. The summed E-state index contributed by atoms with van der Waals surface area (Å²) in [5, 5.41) is 3.34. The largest absolute Gasteiger partial charge is 0.383 e. The summed E-state index contributed by atoms with van der Waals surface area (Å²) in [5.74, 6) is 0. The molecule has 0 atom stereocenters. The summed E-state index contributed by atoms with van der Waals surface area (Å²) in [6.45, 7) is 9.66. The Kier molecular flexibility index (Phi) is 10.3. The first-order chi connectivity index (χ1) is 7.16. The zero-order valence-corrected chi connectivity index (χ0v) is 10.6. The maximum absolute atomic E-state index is 5.42. The predicted molar refractivity (Wildman–Crippen MR) is 63.3 cm³/mol. The summed E-state index contributed by atoms with van der Waals surface area (Å²) in [6.07, 6.45) is 0.330. The van der Waals surface area contributed by atoms with Crippen LogP contribution in [0.25, 0.3) is 0 Å². The van der Waals surface area contributed by atoms with Gasteiger partial charge in [-0.2, -0.15) is 0 Å². The molecule has 4 nitrogen and oxygen atoms in total. The van der Waals surface area contributed by atoms with Crippen LogP contribution >= 0.6 is 0 Å². The zero-order chi connectivity index (χ0) is 11.5. The molecule has 1 N–H and O–H groups in total. The lowest BCUT2D eigenvalue weighted by molar-refractivity contribution is 0.0804. The number of nitrogens with zero attached hydrogens (tertiary/aromatic N) is 1. The molecule has 0 saturated heterocycles. The molecule has 0 saturated carbocycles. The van der Waals surface area contributed by atoms with Crippen molar-refractivity contribution in [2.24, 2.45) is 0 Å². The highest BCUT2D eigenvalue weighted by molar-refractivity contribution is 4.54. The summed E-state index contributed by atoms with van der Waals surface area (Å²) in [5.41, 5.74) is 0. The van der Waals surface area contributed by atoms with Crippen LogP contribution < -0.4 is 5.32 Å². The number of hydrogen-bond donors (Lipinski definition) is 1. The Balaban J connectivity index is 3.09. The summed E-state index contributed by atoms with van der Waals surface area (Å²) in [7, 11) is 3.83. The number of ether oxygens (including phenoxy) is 2. The third kappa shape index (κ3) is 11.8. The molecule has 0 aliphatic heterocycles. The predicted octanol–water partition coefficient (Wildman–Crippen LogP) is 0.579. The zero-order valence-electron chi connectivity index (χ0n) is 10.6. The average molecular weight is 218 g/mol. The number of methoxy groups -OCH3 is 1. The molecule has 0 amide bonds. The lowest BCUT2D eigenvalue weighted by Crippen LogP contribution is -2.33. The third-order valence-corrected chi connectivity index (χ3v) is 2.08. The standard InChI is InChI=1S/C11H26N2O2/c1-11(2)15-9-6-12-5-7-13(3)8-10-14-4/h11-12H,5-10H2,1-4H3. The Bertz CT molecular complexity index is 132. The van der Waals surface area contributed by atoms with Crippen LogP contribution in [0.15, 0.2) is 0 Å². The molecule has 15 heavy (non-hydrogen) atoms. The first-order valence-electron chi connectivity index (χ1n) is 5.66. The Morgan fingerprint density at radius 1 is 1.13 bits per heavy atom. The molecular formula is C11H26N2O2. The highest BCUT2D eigenvalue weighted by Gasteiger charge is 1.97. The minimum atomic E-state index is 0.330. The highest BCUT2D eigenvalue weighted by atomic mass is 16.5. The molecule has 0 radical (unpaired) electrons. The molecule has 0 bridgehead atoms. The van der Waals surface area contributed by atoms with Crippen LogP contribution in [0.1, 0.15) is 13.8 Å². The second kappa shape index (κ2) is 10.4. The van der Waals surface area contributed by atoms with Crippen LogP contribution in [0.2, 0.25) is 0 Å². The molecule has 0 aromatic carbocycles. The lowest BCUT2D eigenvalue weighted by atomic mass is 10.5. The van der Waals surface area contributed by atoms with E-state index in [9.17, 15) is 0 Å². The van der Waals surface area contributed by atoms with Gasteiger partial charge in [0, 0.05) is 33.3 Å². The number of nitrogens with one attached hydrogen (secondary N) is 1. The van der Waals surface area contributed by atoms with Crippen molar-refractivity contribution in [3.05, 3.63) is 0 Å². The van der Waals surface area contributed by atoms with E-state index in [0.29, 0.717) is 6.10 Å². The van der Waals surface area contributed by atoms with Crippen molar-refractivity contribution in [1.82, 2.24) is 10.2 Å². The SMILES string of the molecule is COCCN(C)CCNCCOC(C)C. The van der Waals surface area contributed by atoms with E-state index in [4.69, 9.17) is 9.47 Å². The number of likely N-dealkylation sites (N-methyl/N-ethyl adjacent to an activating group) is 1. The Morgan fingerprint density at radius 3 is 2.47 bits per heavy atom. The molecular weight excluding hydrogens is 192 g/mol. The van der Waals surface area contributed by atoms with Gasteiger partial charge < -0.3 is 19.7 Å². The smallest absolute Gasteiger partial charge is 0.0594 e. The first kappa shape index (κ1) is 14.8. The molecule has 0 aliphatic carbocycles. The molecule has 0 aliphatic rings. The van der Waals surface area contributed by atoms with Crippen molar-refractivity contribution in [2.45, 2.75) is 20.0 Å². The second-order valence-corrected chi connectivity index (χ2v) is 3.97. The molecule has 0 fully saturated rings. The van der Waals surface area contributed by atoms with E-state index in [1.165, 1.54) is 0 Å². The molecule has 0 unspecified atom stereocenters. The van der Waals surface area contributed by atoms with Crippen LogP contribution in [0.5, 0.6) is 0 Å². The maximum Gasteiger partial charge on any atom is 0.0594 e. The Labute approximate surface area is 93.9 Å². The molecule has 4 heteroatoms.